The van der Waals surface area contributed by atoms with Crippen LogP contribution in [0.15, 0.2) is 53.9 Å². The van der Waals surface area contributed by atoms with Crippen molar-refractivity contribution in [2.75, 3.05) is 10.6 Å². The fourth-order valence-electron chi connectivity index (χ4n) is 3.04. The minimum Gasteiger partial charge on any atom is -0.457 e. The Hall–Kier alpha value is -3.99. The van der Waals surface area contributed by atoms with E-state index >= 15 is 4.39 Å². The van der Waals surface area contributed by atoms with Crippen LogP contribution < -0.4 is 15.4 Å². The van der Waals surface area contributed by atoms with Gasteiger partial charge in [0.15, 0.2) is 11.6 Å². The first-order valence-corrected chi connectivity index (χ1v) is 9.81. The van der Waals surface area contributed by atoms with Crippen LogP contribution >= 0.6 is 11.6 Å². The molecule has 8 nitrogen and oxygen atoms in total. The molecular weight excluding hydrogens is 459 g/mol. The molecule has 0 saturated carbocycles. The number of alkyl halides is 2. The Kier molecular flexibility index (Phi) is 6.22. The quantitative estimate of drug-likeness (QED) is 0.152. The molecule has 0 spiro atoms. The summed E-state index contributed by atoms with van der Waals surface area (Å²) in [5, 5.41) is 8.25. The van der Waals surface area contributed by atoms with Crippen molar-refractivity contribution in [2.24, 2.45) is 5.11 Å². The van der Waals surface area contributed by atoms with Crippen molar-refractivity contribution < 1.29 is 17.9 Å². The summed E-state index contributed by atoms with van der Waals surface area (Å²) in [7, 11) is 0. The van der Waals surface area contributed by atoms with E-state index in [1.165, 1.54) is 43.6 Å². The number of hydrogen-bond donors (Lipinski definition) is 3. The minimum atomic E-state index is -2.81. The lowest BCUT2D eigenvalue weighted by atomic mass is 10.1. The van der Waals surface area contributed by atoms with Crippen LogP contribution in [-0.4, -0.2) is 21.5 Å². The molecule has 0 aliphatic carbocycles. The zero-order chi connectivity index (χ0) is 23.5. The maximum atomic E-state index is 15.1. The molecular formula is C21H15ClF3N7O. The third kappa shape index (κ3) is 4.77. The second-order valence-electron chi connectivity index (χ2n) is 6.74. The second-order valence-corrected chi connectivity index (χ2v) is 7.12. The van der Waals surface area contributed by atoms with Gasteiger partial charge in [0.1, 0.15) is 34.2 Å². The first-order chi connectivity index (χ1) is 15.9. The van der Waals surface area contributed by atoms with Crippen LogP contribution in [0.4, 0.5) is 36.1 Å². The number of nitrogens with zero attached hydrogens (tertiary/aromatic N) is 4. The number of anilines is 3. The molecule has 12 heteroatoms. The molecule has 0 atom stereocenters. The average Bonchev–Trinajstić information content (AvgIpc) is 2.79. The van der Waals surface area contributed by atoms with Crippen molar-refractivity contribution in [1.29, 1.82) is 5.53 Å². The summed E-state index contributed by atoms with van der Waals surface area (Å²) in [5.74, 6) is 0.0721. The summed E-state index contributed by atoms with van der Waals surface area (Å²) in [6.45, 7) is -1.29. The highest BCUT2D eigenvalue weighted by atomic mass is 35.5. The van der Waals surface area contributed by atoms with Crippen molar-refractivity contribution in [3.05, 3.63) is 65.3 Å². The SMILES string of the molecule is Cc1c(Oc2ccc(NC(F)F)c(N=N)c2)ccc(Nc2ncnc3ccc(Cl)nc23)c1F. The standard InChI is InChI=1S/C21H15ClF3N7O/c1-10-16(33-11-2-3-12(30-21(24)25)15(8-11)32-26)6-4-13(18(10)23)29-20-19-14(27-9-28-20)5-7-17(22)31-19/h2-9,21,26,30H,1H3,(H,27,28,29). The number of halogens is 4. The Balaban J connectivity index is 1.61. The van der Waals surface area contributed by atoms with Gasteiger partial charge in [-0.25, -0.2) is 24.9 Å². The van der Waals surface area contributed by atoms with Gasteiger partial charge in [0.2, 0.25) is 0 Å². The molecule has 0 saturated heterocycles. The van der Waals surface area contributed by atoms with Crippen LogP contribution in [0, 0.1) is 18.3 Å². The number of rotatable bonds is 7. The zero-order valence-electron chi connectivity index (χ0n) is 16.9. The molecule has 3 N–H and O–H groups in total. The summed E-state index contributed by atoms with van der Waals surface area (Å²) in [6.07, 6.45) is 1.32. The molecule has 2 heterocycles. The predicted octanol–water partition coefficient (Wildman–Crippen LogP) is 6.96. The molecule has 0 radical (unpaired) electrons. The van der Waals surface area contributed by atoms with E-state index < -0.39 is 12.4 Å². The lowest BCUT2D eigenvalue weighted by Gasteiger charge is -2.15. The van der Waals surface area contributed by atoms with Crippen molar-refractivity contribution in [2.45, 2.75) is 13.5 Å². The normalized spacial score (nSPS) is 11.0. The molecule has 0 unspecified atom stereocenters. The Labute approximate surface area is 190 Å². The van der Waals surface area contributed by atoms with Crippen LogP contribution in [0.1, 0.15) is 5.56 Å². The van der Waals surface area contributed by atoms with E-state index in [9.17, 15) is 8.78 Å². The van der Waals surface area contributed by atoms with Crippen molar-refractivity contribution >= 4 is 45.5 Å². The maximum Gasteiger partial charge on any atom is 0.313 e. The zero-order valence-corrected chi connectivity index (χ0v) is 17.7. The lowest BCUT2D eigenvalue weighted by molar-refractivity contribution is 0.181. The van der Waals surface area contributed by atoms with E-state index in [1.807, 2.05) is 5.32 Å². The van der Waals surface area contributed by atoms with Crippen molar-refractivity contribution in [3.8, 4) is 11.5 Å². The highest BCUT2D eigenvalue weighted by molar-refractivity contribution is 6.29. The van der Waals surface area contributed by atoms with E-state index in [-0.39, 0.29) is 45.1 Å². The molecule has 33 heavy (non-hydrogen) atoms. The molecule has 168 valence electrons. The number of aromatic nitrogens is 3. The van der Waals surface area contributed by atoms with Gasteiger partial charge in [0, 0.05) is 11.6 Å². The fourth-order valence-corrected chi connectivity index (χ4v) is 3.19. The second kappa shape index (κ2) is 9.25. The number of nitrogens with one attached hydrogen (secondary N) is 3. The monoisotopic (exact) mass is 473 g/mol. The van der Waals surface area contributed by atoms with E-state index in [0.717, 1.165) is 0 Å². The largest absolute Gasteiger partial charge is 0.457 e. The summed E-state index contributed by atoms with van der Waals surface area (Å²) in [5.41, 5.74) is 8.33. The first kappa shape index (κ1) is 22.2. The number of ether oxygens (including phenoxy) is 1. The van der Waals surface area contributed by atoms with E-state index in [4.69, 9.17) is 21.9 Å². The number of fused-ring (bicyclic) bond motifs is 1. The molecule has 4 aromatic rings. The minimum absolute atomic E-state index is 0.0272. The van der Waals surface area contributed by atoms with Crippen LogP contribution in [0.3, 0.4) is 0 Å². The van der Waals surface area contributed by atoms with Crippen molar-refractivity contribution in [3.63, 3.8) is 0 Å². The van der Waals surface area contributed by atoms with Gasteiger partial charge in [-0.1, -0.05) is 11.6 Å². The molecule has 0 fully saturated rings. The van der Waals surface area contributed by atoms with Crippen LogP contribution in [-0.2, 0) is 0 Å². The molecule has 0 amide bonds. The van der Waals surface area contributed by atoms with E-state index in [1.54, 1.807) is 12.1 Å². The molecule has 0 aliphatic rings. The van der Waals surface area contributed by atoms with Crippen molar-refractivity contribution in [1.82, 2.24) is 15.0 Å². The summed E-state index contributed by atoms with van der Waals surface area (Å²) >= 11 is 5.96. The smallest absolute Gasteiger partial charge is 0.313 e. The number of benzene rings is 2. The Bertz CT molecular complexity index is 1350. The van der Waals surface area contributed by atoms with Gasteiger partial charge < -0.3 is 15.4 Å². The fraction of sp³-hybridized carbons (Fsp3) is 0.0952. The number of hydrogen-bond acceptors (Lipinski definition) is 8. The average molecular weight is 474 g/mol. The Morgan fingerprint density at radius 3 is 2.64 bits per heavy atom. The van der Waals surface area contributed by atoms with E-state index in [0.29, 0.717) is 11.0 Å². The summed E-state index contributed by atoms with van der Waals surface area (Å²) < 4.78 is 46.0. The first-order valence-electron chi connectivity index (χ1n) is 9.43. The molecule has 4 rings (SSSR count). The van der Waals surface area contributed by atoms with Gasteiger partial charge >= 0.3 is 6.55 Å². The topological polar surface area (TPSA) is 108 Å². The van der Waals surface area contributed by atoms with Gasteiger partial charge in [-0.3, -0.25) is 0 Å². The maximum absolute atomic E-state index is 15.1. The van der Waals surface area contributed by atoms with Gasteiger partial charge in [-0.15, -0.1) is 0 Å². The molecule has 0 bridgehead atoms. The van der Waals surface area contributed by atoms with Crippen LogP contribution in [0.25, 0.3) is 11.0 Å². The number of pyridine rings is 1. The Morgan fingerprint density at radius 1 is 1.09 bits per heavy atom. The third-order valence-electron chi connectivity index (χ3n) is 4.62. The van der Waals surface area contributed by atoms with Crippen LogP contribution in [0.5, 0.6) is 11.5 Å². The van der Waals surface area contributed by atoms with Gasteiger partial charge in [-0.05, 0) is 43.3 Å². The van der Waals surface area contributed by atoms with Gasteiger partial charge in [0.25, 0.3) is 0 Å². The Morgan fingerprint density at radius 2 is 1.88 bits per heavy atom. The van der Waals surface area contributed by atoms with E-state index in [2.05, 4.69) is 25.4 Å². The third-order valence-corrected chi connectivity index (χ3v) is 4.83. The van der Waals surface area contributed by atoms with Crippen LogP contribution in [0.2, 0.25) is 5.15 Å². The predicted molar refractivity (Wildman–Crippen MR) is 118 cm³/mol. The molecule has 2 aromatic carbocycles. The summed E-state index contributed by atoms with van der Waals surface area (Å²) in [6, 6.07) is 10.3. The molecule has 0 aliphatic heterocycles. The highest BCUT2D eigenvalue weighted by Crippen LogP contribution is 2.36. The lowest BCUT2D eigenvalue weighted by Crippen LogP contribution is -2.06. The highest BCUT2D eigenvalue weighted by Gasteiger charge is 2.15. The molecule has 2 aromatic heterocycles. The van der Waals surface area contributed by atoms with Gasteiger partial charge in [0.05, 0.1) is 16.9 Å². The van der Waals surface area contributed by atoms with Gasteiger partial charge in [-0.2, -0.15) is 13.9 Å². The summed E-state index contributed by atoms with van der Waals surface area (Å²) in [4.78, 5) is 12.4.